The number of anilines is 1. The molecule has 0 saturated carbocycles. The molecule has 3 rings (SSSR count). The summed E-state index contributed by atoms with van der Waals surface area (Å²) in [7, 11) is 0.0236. The first-order valence-electron chi connectivity index (χ1n) is 9.76. The minimum atomic E-state index is -1.84. The largest absolute Gasteiger partial charge is 0.543 e. The molecular formula is C23H29N3OSSi. The predicted octanol–water partition coefficient (Wildman–Crippen LogP) is 6.84. The molecule has 0 radical (unpaired) electrons. The molecule has 0 spiro atoms. The molecule has 0 atom stereocenters. The van der Waals surface area contributed by atoms with Gasteiger partial charge in [0.05, 0.1) is 10.2 Å². The Hall–Kier alpha value is -2.44. The monoisotopic (exact) mass is 423 g/mol. The van der Waals surface area contributed by atoms with E-state index in [2.05, 4.69) is 56.3 Å². The fourth-order valence-corrected chi connectivity index (χ4v) is 4.39. The van der Waals surface area contributed by atoms with Gasteiger partial charge in [0.25, 0.3) is 0 Å². The predicted molar refractivity (Wildman–Crippen MR) is 129 cm³/mol. The summed E-state index contributed by atoms with van der Waals surface area (Å²) >= 11 is 1.68. The number of thiazole rings is 1. The maximum Gasteiger partial charge on any atom is 0.250 e. The van der Waals surface area contributed by atoms with E-state index in [1.165, 1.54) is 0 Å². The molecule has 2 heterocycles. The molecule has 0 unspecified atom stereocenters. The summed E-state index contributed by atoms with van der Waals surface area (Å²) in [5, 5.41) is 4.18. The van der Waals surface area contributed by atoms with E-state index in [0.717, 1.165) is 32.4 Å². The van der Waals surface area contributed by atoms with Gasteiger partial charge in [0.1, 0.15) is 16.6 Å². The Balaban J connectivity index is 1.70. The molecule has 4 nitrogen and oxygen atoms in total. The Kier molecular flexibility index (Phi) is 6.24. The molecule has 0 aliphatic carbocycles. The number of fused-ring (bicyclic) bond motifs is 1. The zero-order chi connectivity index (χ0) is 21.1. The van der Waals surface area contributed by atoms with Crippen molar-refractivity contribution in [2.75, 3.05) is 12.4 Å². The molecule has 3 aromatic rings. The van der Waals surface area contributed by atoms with Gasteiger partial charge in [0.15, 0.2) is 0 Å². The summed E-state index contributed by atoms with van der Waals surface area (Å²) in [5.41, 5.74) is 2.07. The van der Waals surface area contributed by atoms with Crippen molar-refractivity contribution in [3.8, 4) is 5.75 Å². The second-order valence-corrected chi connectivity index (χ2v) is 14.3. The summed E-state index contributed by atoms with van der Waals surface area (Å²) in [6.07, 6.45) is 9.93. The van der Waals surface area contributed by atoms with E-state index in [1.807, 2.05) is 55.7 Å². The van der Waals surface area contributed by atoms with Gasteiger partial charge in [-0.2, -0.15) is 0 Å². The van der Waals surface area contributed by atoms with Crippen LogP contribution >= 0.6 is 11.3 Å². The molecule has 0 bridgehead atoms. The highest BCUT2D eigenvalue weighted by Crippen LogP contribution is 2.38. The molecule has 6 heteroatoms. The van der Waals surface area contributed by atoms with E-state index >= 15 is 0 Å². The molecule has 152 valence electrons. The summed E-state index contributed by atoms with van der Waals surface area (Å²) in [5.74, 6) is 1.81. The van der Waals surface area contributed by atoms with Gasteiger partial charge in [-0.1, -0.05) is 39.0 Å². The number of benzene rings is 1. The molecule has 1 aromatic carbocycles. The number of allylic oxidation sites excluding steroid dienone is 2. The second kappa shape index (κ2) is 8.51. The van der Waals surface area contributed by atoms with Crippen LogP contribution in [-0.2, 0) is 0 Å². The summed E-state index contributed by atoms with van der Waals surface area (Å²) in [6, 6.07) is 10.2. The first-order chi connectivity index (χ1) is 13.7. The van der Waals surface area contributed by atoms with Crippen molar-refractivity contribution >= 4 is 47.8 Å². The normalized spacial score (nSPS) is 12.9. The number of nitrogens with zero attached hydrogens (tertiary/aromatic N) is 2. The zero-order valence-electron chi connectivity index (χ0n) is 18.0. The smallest absolute Gasteiger partial charge is 0.250 e. The molecule has 0 fully saturated rings. The van der Waals surface area contributed by atoms with Crippen LogP contribution in [0, 0.1) is 0 Å². The van der Waals surface area contributed by atoms with E-state index < -0.39 is 8.32 Å². The van der Waals surface area contributed by atoms with Crippen LogP contribution in [-0.4, -0.2) is 25.3 Å². The Morgan fingerprint density at radius 1 is 1.07 bits per heavy atom. The summed E-state index contributed by atoms with van der Waals surface area (Å²) in [6.45, 7) is 11.3. The van der Waals surface area contributed by atoms with Crippen LogP contribution in [0.1, 0.15) is 31.3 Å². The van der Waals surface area contributed by atoms with Crippen LogP contribution in [0.2, 0.25) is 18.1 Å². The van der Waals surface area contributed by atoms with Crippen molar-refractivity contribution in [1.29, 1.82) is 0 Å². The molecule has 0 saturated heterocycles. The van der Waals surface area contributed by atoms with Gasteiger partial charge in [-0.25, -0.2) is 9.97 Å². The topological polar surface area (TPSA) is 47.0 Å². The highest BCUT2D eigenvalue weighted by atomic mass is 32.1. The fourth-order valence-electron chi connectivity index (χ4n) is 2.46. The zero-order valence-corrected chi connectivity index (χ0v) is 19.8. The van der Waals surface area contributed by atoms with E-state index in [-0.39, 0.29) is 5.04 Å². The minimum Gasteiger partial charge on any atom is -0.543 e. The van der Waals surface area contributed by atoms with Crippen LogP contribution in [0.5, 0.6) is 5.75 Å². The van der Waals surface area contributed by atoms with Gasteiger partial charge in [0.2, 0.25) is 8.32 Å². The standard InChI is InChI=1S/C23H29N3OSSi/c1-23(2,3)29(5,6)27-18-12-13-19-20(15-18)28-22(26-19)10-8-7-9-17-11-14-21(24-4)25-16-17/h7-16H,1-6H3,(H,24,25). The maximum absolute atomic E-state index is 6.43. The molecule has 0 aliphatic heterocycles. The van der Waals surface area contributed by atoms with Crippen LogP contribution in [0.25, 0.3) is 22.4 Å². The fraction of sp³-hybridized carbons (Fsp3) is 0.304. The lowest BCUT2D eigenvalue weighted by molar-refractivity contribution is 0.493. The van der Waals surface area contributed by atoms with Gasteiger partial charge in [0, 0.05) is 13.2 Å². The lowest BCUT2D eigenvalue weighted by Crippen LogP contribution is -2.43. The maximum atomic E-state index is 6.43. The minimum absolute atomic E-state index is 0.179. The SMILES string of the molecule is CNc1ccc(C=CC=Cc2nc3ccc(O[Si](C)(C)C(C)(C)C)cc3s2)cn1. The average molecular weight is 424 g/mol. The third-order valence-electron chi connectivity index (χ3n) is 5.24. The molecule has 1 N–H and O–H groups in total. The Bertz CT molecular complexity index is 1030. The molecule has 0 aliphatic rings. The number of nitrogens with one attached hydrogen (secondary N) is 1. The first kappa shape index (κ1) is 21.3. The molecular weight excluding hydrogens is 394 g/mol. The lowest BCUT2D eigenvalue weighted by atomic mass is 10.2. The van der Waals surface area contributed by atoms with E-state index in [9.17, 15) is 0 Å². The lowest BCUT2D eigenvalue weighted by Gasteiger charge is -2.36. The number of hydrogen-bond acceptors (Lipinski definition) is 5. The van der Waals surface area contributed by atoms with Crippen molar-refractivity contribution in [2.24, 2.45) is 0 Å². The summed E-state index contributed by atoms with van der Waals surface area (Å²) in [4.78, 5) is 9.00. The van der Waals surface area contributed by atoms with Gasteiger partial charge >= 0.3 is 0 Å². The van der Waals surface area contributed by atoms with E-state index in [4.69, 9.17) is 9.41 Å². The van der Waals surface area contributed by atoms with E-state index in [0.29, 0.717) is 0 Å². The third-order valence-corrected chi connectivity index (χ3v) is 10.6. The Morgan fingerprint density at radius 3 is 2.48 bits per heavy atom. The first-order valence-corrected chi connectivity index (χ1v) is 13.5. The van der Waals surface area contributed by atoms with Crippen LogP contribution in [0.4, 0.5) is 5.82 Å². The van der Waals surface area contributed by atoms with E-state index in [1.54, 1.807) is 11.3 Å². The van der Waals surface area contributed by atoms with Crippen LogP contribution in [0.3, 0.4) is 0 Å². The number of aromatic nitrogens is 2. The molecule has 0 amide bonds. The summed E-state index contributed by atoms with van der Waals surface area (Å²) < 4.78 is 7.58. The van der Waals surface area contributed by atoms with Crippen molar-refractivity contribution in [3.05, 3.63) is 59.3 Å². The third kappa shape index (κ3) is 5.34. The van der Waals surface area contributed by atoms with Gasteiger partial charge in [-0.05, 0) is 60.1 Å². The average Bonchev–Trinajstić information content (AvgIpc) is 3.06. The number of rotatable bonds is 6. The second-order valence-electron chi connectivity index (χ2n) is 8.49. The Morgan fingerprint density at radius 2 is 1.83 bits per heavy atom. The van der Waals surface area contributed by atoms with Crippen molar-refractivity contribution in [2.45, 2.75) is 38.9 Å². The van der Waals surface area contributed by atoms with Gasteiger partial charge < -0.3 is 9.74 Å². The highest BCUT2D eigenvalue weighted by molar-refractivity contribution is 7.19. The van der Waals surface area contributed by atoms with Crippen molar-refractivity contribution in [1.82, 2.24) is 9.97 Å². The van der Waals surface area contributed by atoms with Crippen LogP contribution in [0.15, 0.2) is 48.7 Å². The van der Waals surface area contributed by atoms with Crippen LogP contribution < -0.4 is 9.74 Å². The van der Waals surface area contributed by atoms with Gasteiger partial charge in [-0.15, -0.1) is 11.3 Å². The Labute approximate surface area is 178 Å². The molecule has 29 heavy (non-hydrogen) atoms. The molecule has 2 aromatic heterocycles. The quantitative estimate of drug-likeness (QED) is 0.348. The number of pyridine rings is 1. The van der Waals surface area contributed by atoms with Crippen molar-refractivity contribution in [3.63, 3.8) is 0 Å². The van der Waals surface area contributed by atoms with Crippen molar-refractivity contribution < 1.29 is 4.43 Å². The van der Waals surface area contributed by atoms with Gasteiger partial charge in [-0.3, -0.25) is 0 Å². The number of hydrogen-bond donors (Lipinski definition) is 1. The highest BCUT2D eigenvalue weighted by Gasteiger charge is 2.38.